The second-order valence-corrected chi connectivity index (χ2v) is 9.81. The first-order chi connectivity index (χ1) is 16.5. The summed E-state index contributed by atoms with van der Waals surface area (Å²) < 4.78 is 3.51. The maximum absolute atomic E-state index is 13.3. The molecular formula is C24H23ClN6O2S. The largest absolute Gasteiger partial charge is 0.324 e. The number of halogens is 1. The van der Waals surface area contributed by atoms with Crippen LogP contribution < -0.4 is 10.9 Å². The first-order valence-electron chi connectivity index (χ1n) is 11.2. The van der Waals surface area contributed by atoms with Crippen molar-refractivity contribution in [3.8, 4) is 17.1 Å². The van der Waals surface area contributed by atoms with Gasteiger partial charge in [0.2, 0.25) is 5.91 Å². The number of aromatic nitrogens is 5. The molecule has 0 bridgehead atoms. The van der Waals surface area contributed by atoms with Crippen LogP contribution in [0.1, 0.15) is 31.9 Å². The van der Waals surface area contributed by atoms with Crippen molar-refractivity contribution in [1.82, 2.24) is 24.3 Å². The molecule has 1 aromatic carbocycles. The molecule has 1 atom stereocenters. The number of carbonyl (C=O) groups is 1. The average Bonchev–Trinajstić information content (AvgIpc) is 3.01. The smallest absolute Gasteiger partial charge is 0.284 e. The predicted molar refractivity (Wildman–Crippen MR) is 133 cm³/mol. The van der Waals surface area contributed by atoms with E-state index in [4.69, 9.17) is 16.6 Å². The molecule has 2 aromatic rings. The Morgan fingerprint density at radius 1 is 1.15 bits per heavy atom. The highest BCUT2D eigenvalue weighted by atomic mass is 35.5. The van der Waals surface area contributed by atoms with Crippen LogP contribution in [0.5, 0.6) is 0 Å². The van der Waals surface area contributed by atoms with Crippen LogP contribution in [0, 0.1) is 0 Å². The minimum Gasteiger partial charge on any atom is -0.324 e. The summed E-state index contributed by atoms with van der Waals surface area (Å²) in [6.45, 7) is 2.57. The number of thioether (sulfide) groups is 1. The van der Waals surface area contributed by atoms with Gasteiger partial charge in [0, 0.05) is 18.4 Å². The lowest BCUT2D eigenvalue weighted by molar-refractivity contribution is -0.115. The summed E-state index contributed by atoms with van der Waals surface area (Å²) in [5.41, 5.74) is 2.52. The molecule has 0 radical (unpaired) electrons. The Morgan fingerprint density at radius 2 is 1.97 bits per heavy atom. The molecule has 3 aliphatic rings. The molecule has 0 aliphatic carbocycles. The summed E-state index contributed by atoms with van der Waals surface area (Å²) in [6, 6.07) is 12.8. The molecule has 1 aromatic heterocycles. The number of para-hydroxylation sites is 1. The fourth-order valence-corrected chi connectivity index (χ4v) is 5.23. The third-order valence-electron chi connectivity index (χ3n) is 5.84. The number of carbonyl (C=O) groups excluding carboxylic acids is 1. The van der Waals surface area contributed by atoms with Crippen LogP contribution in [-0.4, -0.2) is 35.5 Å². The van der Waals surface area contributed by atoms with Crippen LogP contribution >= 0.6 is 23.4 Å². The molecule has 1 unspecified atom stereocenters. The minimum absolute atomic E-state index is 0.159. The number of nitrogens with one attached hydrogen (secondary N) is 1. The lowest BCUT2D eigenvalue weighted by Crippen LogP contribution is -2.24. The molecule has 8 nitrogen and oxygen atoms in total. The van der Waals surface area contributed by atoms with Crippen LogP contribution in [0.4, 0.5) is 5.69 Å². The lowest BCUT2D eigenvalue weighted by Gasteiger charge is -2.19. The fourth-order valence-electron chi connectivity index (χ4n) is 4.11. The van der Waals surface area contributed by atoms with E-state index in [2.05, 4.69) is 20.0 Å². The highest BCUT2D eigenvalue weighted by molar-refractivity contribution is 8.00. The maximum Gasteiger partial charge on any atom is 0.284 e. The van der Waals surface area contributed by atoms with E-state index in [1.165, 1.54) is 16.4 Å². The molecule has 10 heteroatoms. The molecule has 0 saturated heterocycles. The van der Waals surface area contributed by atoms with E-state index in [-0.39, 0.29) is 16.6 Å². The fraction of sp³-hybridized carbons (Fsp3) is 0.292. The SMILES string of the molecule is CC(Sc1nc2nn(-c3ccccc3)c(=O)c-2c2n1CCCCC2)C(=O)Nc1cccnc1Cl. The molecule has 174 valence electrons. The number of hydrogen-bond acceptors (Lipinski definition) is 6. The molecule has 34 heavy (non-hydrogen) atoms. The third-order valence-corrected chi connectivity index (χ3v) is 7.23. The van der Waals surface area contributed by atoms with Gasteiger partial charge in [0.1, 0.15) is 5.56 Å². The van der Waals surface area contributed by atoms with Gasteiger partial charge in [-0.3, -0.25) is 9.59 Å². The van der Waals surface area contributed by atoms with Crippen molar-refractivity contribution in [1.29, 1.82) is 0 Å². The summed E-state index contributed by atoms with van der Waals surface area (Å²) in [5, 5.41) is 7.86. The zero-order valence-electron chi connectivity index (χ0n) is 18.6. The summed E-state index contributed by atoms with van der Waals surface area (Å²) in [6.07, 6.45) is 5.40. The quantitative estimate of drug-likeness (QED) is 0.250. The van der Waals surface area contributed by atoms with E-state index < -0.39 is 5.25 Å². The molecule has 1 N–H and O–H groups in total. The van der Waals surface area contributed by atoms with Crippen molar-refractivity contribution in [2.24, 2.45) is 0 Å². The molecule has 0 fully saturated rings. The van der Waals surface area contributed by atoms with Gasteiger partial charge in [-0.2, -0.15) is 4.68 Å². The van der Waals surface area contributed by atoms with E-state index in [1.54, 1.807) is 18.3 Å². The topological polar surface area (TPSA) is 94.7 Å². The Morgan fingerprint density at radius 3 is 2.76 bits per heavy atom. The van der Waals surface area contributed by atoms with Gasteiger partial charge < -0.3 is 9.88 Å². The zero-order valence-corrected chi connectivity index (χ0v) is 20.1. The Kier molecular flexibility index (Phi) is 6.38. The van der Waals surface area contributed by atoms with Crippen molar-refractivity contribution in [2.75, 3.05) is 5.32 Å². The average molecular weight is 495 g/mol. The third kappa shape index (κ3) is 4.33. The van der Waals surface area contributed by atoms with Gasteiger partial charge >= 0.3 is 0 Å². The van der Waals surface area contributed by atoms with E-state index >= 15 is 0 Å². The highest BCUT2D eigenvalue weighted by Gasteiger charge is 2.28. The summed E-state index contributed by atoms with van der Waals surface area (Å²) in [7, 11) is 0. The minimum atomic E-state index is -0.455. The van der Waals surface area contributed by atoms with Gasteiger partial charge in [0.15, 0.2) is 16.1 Å². The van der Waals surface area contributed by atoms with E-state index in [1.807, 2.05) is 37.3 Å². The number of amides is 1. The van der Waals surface area contributed by atoms with Crippen LogP contribution in [0.2, 0.25) is 5.15 Å². The number of anilines is 1. The molecule has 1 amide bonds. The van der Waals surface area contributed by atoms with E-state index in [0.717, 1.165) is 37.9 Å². The Bertz CT molecular complexity index is 1370. The van der Waals surface area contributed by atoms with Gasteiger partial charge in [-0.05, 0) is 50.5 Å². The maximum atomic E-state index is 13.3. The number of hydrogen-bond donors (Lipinski definition) is 1. The Labute approximate surface area is 205 Å². The number of fused-ring (bicyclic) bond motifs is 3. The van der Waals surface area contributed by atoms with Crippen LogP contribution in [0.25, 0.3) is 17.1 Å². The van der Waals surface area contributed by atoms with Gasteiger partial charge in [-0.15, -0.1) is 5.10 Å². The number of rotatable bonds is 5. The van der Waals surface area contributed by atoms with Gasteiger partial charge in [0.05, 0.1) is 16.6 Å². The second-order valence-electron chi connectivity index (χ2n) is 8.15. The summed E-state index contributed by atoms with van der Waals surface area (Å²) in [5.74, 6) is 0.205. The van der Waals surface area contributed by atoms with Crippen molar-refractivity contribution >= 4 is 35.0 Å². The molecule has 0 spiro atoms. The van der Waals surface area contributed by atoms with Gasteiger partial charge in [0.25, 0.3) is 5.56 Å². The first kappa shape index (κ1) is 22.6. The predicted octanol–water partition coefficient (Wildman–Crippen LogP) is 4.43. The van der Waals surface area contributed by atoms with Gasteiger partial charge in [-0.1, -0.05) is 48.0 Å². The van der Waals surface area contributed by atoms with Crippen LogP contribution in [0.3, 0.4) is 0 Å². The first-order valence-corrected chi connectivity index (χ1v) is 12.4. The Balaban J connectivity index is 1.53. The standard InChI is InChI=1S/C24H23ClN6O2S/c1-15(22(32)27-17-11-8-13-26-20(17)25)34-24-28-21-19(18-12-6-3-7-14-30(18)24)23(33)31(29-21)16-9-4-2-5-10-16/h2,4-5,8-11,13,15H,3,6-7,12,14H2,1H3,(H,27,32). The lowest BCUT2D eigenvalue weighted by atomic mass is 10.1. The van der Waals surface area contributed by atoms with Crippen molar-refractivity contribution in [2.45, 2.75) is 49.6 Å². The van der Waals surface area contributed by atoms with Gasteiger partial charge in [-0.25, -0.2) is 9.97 Å². The van der Waals surface area contributed by atoms with E-state index in [0.29, 0.717) is 27.9 Å². The number of pyridine rings is 1. The summed E-state index contributed by atoms with van der Waals surface area (Å²) in [4.78, 5) is 35.0. The molecule has 0 saturated carbocycles. The van der Waals surface area contributed by atoms with Crippen molar-refractivity contribution in [3.63, 3.8) is 0 Å². The number of benzene rings is 1. The van der Waals surface area contributed by atoms with Crippen LogP contribution in [0.15, 0.2) is 58.6 Å². The highest BCUT2D eigenvalue weighted by Crippen LogP contribution is 2.32. The Hall–Kier alpha value is -3.17. The second kappa shape index (κ2) is 9.60. The molecule has 5 rings (SSSR count). The van der Waals surface area contributed by atoms with E-state index in [9.17, 15) is 9.59 Å². The molecular weight excluding hydrogens is 472 g/mol. The van der Waals surface area contributed by atoms with Crippen LogP contribution in [-0.2, 0) is 17.8 Å². The zero-order chi connectivity index (χ0) is 23.7. The molecule has 3 aliphatic heterocycles. The normalized spacial score (nSPS) is 14.4. The number of nitrogens with zero attached hydrogens (tertiary/aromatic N) is 5. The summed E-state index contributed by atoms with van der Waals surface area (Å²) >= 11 is 7.44. The van der Waals surface area contributed by atoms with Crippen molar-refractivity contribution in [3.05, 3.63) is 69.9 Å². The monoisotopic (exact) mass is 494 g/mol. The van der Waals surface area contributed by atoms with Crippen molar-refractivity contribution < 1.29 is 4.79 Å². The molecule has 4 heterocycles.